The molecule has 0 amide bonds. The van der Waals surface area contributed by atoms with Crippen molar-refractivity contribution in [3.8, 4) is 5.88 Å². The van der Waals surface area contributed by atoms with E-state index < -0.39 is 0 Å². The Kier molecular flexibility index (Phi) is 4.29. The van der Waals surface area contributed by atoms with E-state index in [9.17, 15) is 0 Å². The van der Waals surface area contributed by atoms with Gasteiger partial charge in [-0.3, -0.25) is 5.10 Å². The molecule has 24 heavy (non-hydrogen) atoms. The maximum absolute atomic E-state index is 5.98. The minimum absolute atomic E-state index is 0.184. The Morgan fingerprint density at radius 2 is 2.12 bits per heavy atom. The molecule has 0 aliphatic carbocycles. The van der Waals surface area contributed by atoms with Crippen LogP contribution in [-0.2, 0) is 4.74 Å². The molecule has 2 aromatic heterocycles. The molecule has 0 radical (unpaired) electrons. The summed E-state index contributed by atoms with van der Waals surface area (Å²) in [5, 5.41) is 7.21. The lowest BCUT2D eigenvalue weighted by Gasteiger charge is -2.23. The molecule has 128 valence electrons. The quantitative estimate of drug-likeness (QED) is 0.907. The number of aryl methyl sites for hydroxylation is 1. The Hall–Kier alpha value is -2.22. The minimum Gasteiger partial charge on any atom is -0.474 e. The predicted octanol–water partition coefficient (Wildman–Crippen LogP) is 1.45. The largest absolute Gasteiger partial charge is 0.474 e. The highest BCUT2D eigenvalue weighted by Crippen LogP contribution is 2.29. The fraction of sp³-hybridized carbons (Fsp3) is 0.625. The average Bonchev–Trinajstić information content (AvgIpc) is 3.25. The molecule has 2 fully saturated rings. The van der Waals surface area contributed by atoms with E-state index in [0.29, 0.717) is 11.8 Å². The summed E-state index contributed by atoms with van der Waals surface area (Å²) in [7, 11) is 0. The first kappa shape index (κ1) is 15.3. The van der Waals surface area contributed by atoms with Crippen LogP contribution in [0, 0.1) is 6.92 Å². The van der Waals surface area contributed by atoms with E-state index in [1.165, 1.54) is 0 Å². The van der Waals surface area contributed by atoms with Crippen molar-refractivity contribution in [2.45, 2.75) is 38.2 Å². The van der Waals surface area contributed by atoms with Crippen LogP contribution < -0.4 is 9.64 Å². The zero-order valence-electron chi connectivity index (χ0n) is 13.8. The van der Waals surface area contributed by atoms with Crippen LogP contribution in [-0.4, -0.2) is 57.6 Å². The van der Waals surface area contributed by atoms with Crippen molar-refractivity contribution < 1.29 is 9.47 Å². The van der Waals surface area contributed by atoms with Crippen LogP contribution in [0.25, 0.3) is 0 Å². The number of aromatic amines is 1. The van der Waals surface area contributed by atoms with Gasteiger partial charge in [-0.15, -0.1) is 0 Å². The molecule has 2 aromatic rings. The third-order valence-corrected chi connectivity index (χ3v) is 4.58. The predicted molar refractivity (Wildman–Crippen MR) is 87.2 cm³/mol. The highest BCUT2D eigenvalue weighted by atomic mass is 16.5. The first-order valence-corrected chi connectivity index (χ1v) is 8.48. The summed E-state index contributed by atoms with van der Waals surface area (Å²) in [4.78, 5) is 15.4. The second kappa shape index (κ2) is 6.72. The van der Waals surface area contributed by atoms with E-state index in [-0.39, 0.29) is 6.10 Å². The molecule has 0 saturated carbocycles. The van der Waals surface area contributed by atoms with Crippen LogP contribution in [0.5, 0.6) is 5.88 Å². The Bertz CT molecular complexity index is 685. The molecule has 0 bridgehead atoms. The van der Waals surface area contributed by atoms with Crippen molar-refractivity contribution in [1.29, 1.82) is 0 Å². The van der Waals surface area contributed by atoms with E-state index in [4.69, 9.17) is 9.47 Å². The van der Waals surface area contributed by atoms with Gasteiger partial charge in [-0.1, -0.05) is 0 Å². The van der Waals surface area contributed by atoms with Crippen molar-refractivity contribution in [3.63, 3.8) is 0 Å². The number of aromatic nitrogens is 5. The SMILES string of the molecule is Cc1nc(C2CCN(c3cc(OC4CCOCC4)ncn3)C2)n[nH]1. The monoisotopic (exact) mass is 330 g/mol. The van der Waals surface area contributed by atoms with Crippen LogP contribution in [0.4, 0.5) is 5.82 Å². The fourth-order valence-electron chi connectivity index (χ4n) is 3.25. The number of nitrogens with one attached hydrogen (secondary N) is 1. The van der Waals surface area contributed by atoms with Crippen LogP contribution in [0.3, 0.4) is 0 Å². The van der Waals surface area contributed by atoms with Crippen LogP contribution >= 0.6 is 0 Å². The molecule has 1 N–H and O–H groups in total. The van der Waals surface area contributed by atoms with E-state index in [2.05, 4.69) is 30.0 Å². The summed E-state index contributed by atoms with van der Waals surface area (Å²) in [5.74, 6) is 3.64. The number of rotatable bonds is 4. The number of anilines is 1. The average molecular weight is 330 g/mol. The standard InChI is InChI=1S/C16H22N6O2/c1-11-19-16(21-20-11)12-2-5-22(9-12)14-8-15(18-10-17-14)24-13-3-6-23-7-4-13/h8,10,12-13H,2-7,9H2,1H3,(H,19,20,21). The van der Waals surface area contributed by atoms with Gasteiger partial charge in [0.15, 0.2) is 5.82 Å². The number of hydrogen-bond donors (Lipinski definition) is 1. The highest BCUT2D eigenvalue weighted by molar-refractivity contribution is 5.42. The molecule has 0 aromatic carbocycles. The molecule has 4 heterocycles. The van der Waals surface area contributed by atoms with Crippen molar-refractivity contribution in [3.05, 3.63) is 24.0 Å². The summed E-state index contributed by atoms with van der Waals surface area (Å²) in [6.07, 6.45) is 4.61. The Morgan fingerprint density at radius 3 is 2.92 bits per heavy atom. The topological polar surface area (TPSA) is 89.1 Å². The van der Waals surface area contributed by atoms with Crippen molar-refractivity contribution >= 4 is 5.82 Å². The van der Waals surface area contributed by atoms with Gasteiger partial charge >= 0.3 is 0 Å². The summed E-state index contributed by atoms with van der Waals surface area (Å²) in [5.41, 5.74) is 0. The van der Waals surface area contributed by atoms with E-state index in [1.54, 1.807) is 6.33 Å². The third kappa shape index (κ3) is 3.33. The lowest BCUT2D eigenvalue weighted by Crippen LogP contribution is -2.26. The van der Waals surface area contributed by atoms with Gasteiger partial charge in [-0.05, 0) is 13.3 Å². The van der Waals surface area contributed by atoms with Gasteiger partial charge in [-0.2, -0.15) is 5.10 Å². The molecule has 1 atom stereocenters. The maximum Gasteiger partial charge on any atom is 0.218 e. The molecule has 2 saturated heterocycles. The molecule has 0 spiro atoms. The summed E-state index contributed by atoms with van der Waals surface area (Å²) in [6, 6.07) is 1.93. The Balaban J connectivity index is 1.42. The molecule has 8 heteroatoms. The summed E-state index contributed by atoms with van der Waals surface area (Å²) >= 11 is 0. The first-order chi connectivity index (χ1) is 11.8. The molecule has 1 unspecified atom stereocenters. The Labute approximate surface area is 140 Å². The van der Waals surface area contributed by atoms with Crippen LogP contribution in [0.15, 0.2) is 12.4 Å². The number of H-pyrrole nitrogens is 1. The van der Waals surface area contributed by atoms with Crippen LogP contribution in [0.1, 0.15) is 36.8 Å². The van der Waals surface area contributed by atoms with Crippen molar-refractivity contribution in [2.24, 2.45) is 0 Å². The van der Waals surface area contributed by atoms with Crippen molar-refractivity contribution in [2.75, 3.05) is 31.2 Å². The first-order valence-electron chi connectivity index (χ1n) is 8.48. The highest BCUT2D eigenvalue weighted by Gasteiger charge is 2.28. The number of hydrogen-bond acceptors (Lipinski definition) is 7. The molecule has 2 aliphatic rings. The van der Waals surface area contributed by atoms with Crippen molar-refractivity contribution in [1.82, 2.24) is 25.1 Å². The van der Waals surface area contributed by atoms with E-state index in [1.807, 2.05) is 13.0 Å². The third-order valence-electron chi connectivity index (χ3n) is 4.58. The van der Waals surface area contributed by atoms with Gasteiger partial charge < -0.3 is 14.4 Å². The lowest BCUT2D eigenvalue weighted by molar-refractivity contribution is 0.0237. The zero-order chi connectivity index (χ0) is 16.4. The van der Waals surface area contributed by atoms with Crippen LogP contribution in [0.2, 0.25) is 0 Å². The van der Waals surface area contributed by atoms with Gasteiger partial charge in [-0.25, -0.2) is 15.0 Å². The van der Waals surface area contributed by atoms with Gasteiger partial charge in [0.25, 0.3) is 0 Å². The molecular weight excluding hydrogens is 308 g/mol. The van der Waals surface area contributed by atoms with Gasteiger partial charge in [0, 0.05) is 37.9 Å². The second-order valence-corrected chi connectivity index (χ2v) is 6.35. The number of nitrogens with zero attached hydrogens (tertiary/aromatic N) is 5. The summed E-state index contributed by atoms with van der Waals surface area (Å²) < 4.78 is 11.3. The molecule has 2 aliphatic heterocycles. The van der Waals surface area contributed by atoms with E-state index >= 15 is 0 Å². The smallest absolute Gasteiger partial charge is 0.218 e. The fourth-order valence-corrected chi connectivity index (χ4v) is 3.25. The molecule has 8 nitrogen and oxygen atoms in total. The lowest BCUT2D eigenvalue weighted by atomic mass is 10.1. The van der Waals surface area contributed by atoms with Gasteiger partial charge in [0.2, 0.25) is 5.88 Å². The Morgan fingerprint density at radius 1 is 1.25 bits per heavy atom. The molecule has 4 rings (SSSR count). The second-order valence-electron chi connectivity index (χ2n) is 6.35. The molecular formula is C16H22N6O2. The normalized spacial score (nSPS) is 22.0. The van der Waals surface area contributed by atoms with E-state index in [0.717, 1.165) is 63.0 Å². The zero-order valence-corrected chi connectivity index (χ0v) is 13.8. The van der Waals surface area contributed by atoms with Gasteiger partial charge in [0.05, 0.1) is 13.2 Å². The summed E-state index contributed by atoms with van der Waals surface area (Å²) in [6.45, 7) is 5.24. The maximum atomic E-state index is 5.98. The van der Waals surface area contributed by atoms with Gasteiger partial charge in [0.1, 0.15) is 24.1 Å². The minimum atomic E-state index is 0.184. The number of ether oxygens (including phenoxy) is 2.